The molecule has 5 rings (SSSR count). The number of amides is 1. The van der Waals surface area contributed by atoms with E-state index in [0.29, 0.717) is 38.5 Å². The van der Waals surface area contributed by atoms with E-state index in [1.165, 1.54) is 17.4 Å². The van der Waals surface area contributed by atoms with E-state index in [1.54, 1.807) is 36.4 Å². The Morgan fingerprint density at radius 2 is 1.70 bits per heavy atom. The van der Waals surface area contributed by atoms with E-state index < -0.39 is 0 Å². The van der Waals surface area contributed by atoms with Gasteiger partial charge in [-0.2, -0.15) is 15.4 Å². The number of para-hydroxylation sites is 1. The van der Waals surface area contributed by atoms with Gasteiger partial charge in [0.15, 0.2) is 0 Å². The standard InChI is InChI=1S/C22H14FN5OS/c23-16-7-3-1-5-14(16)22-25-20(12-30-22)15-6-2-4-8-17(15)24-21(29)13-9-10-18-19(11-13)27-28-26-18/h1-12H,(H,24,29)(H,26,27,28). The van der Waals surface area contributed by atoms with Crippen LogP contribution in [0, 0.1) is 5.82 Å². The van der Waals surface area contributed by atoms with E-state index in [-0.39, 0.29) is 11.7 Å². The highest BCUT2D eigenvalue weighted by molar-refractivity contribution is 7.13. The number of nitrogens with zero attached hydrogens (tertiary/aromatic N) is 3. The zero-order valence-corrected chi connectivity index (χ0v) is 16.3. The van der Waals surface area contributed by atoms with Gasteiger partial charge in [0, 0.05) is 22.1 Å². The van der Waals surface area contributed by atoms with E-state index in [0.717, 1.165) is 5.56 Å². The number of H-pyrrole nitrogens is 1. The predicted molar refractivity (Wildman–Crippen MR) is 115 cm³/mol. The van der Waals surface area contributed by atoms with Gasteiger partial charge >= 0.3 is 0 Å². The smallest absolute Gasteiger partial charge is 0.255 e. The Labute approximate surface area is 174 Å². The second-order valence-corrected chi connectivity index (χ2v) is 7.40. The fourth-order valence-corrected chi connectivity index (χ4v) is 3.99. The lowest BCUT2D eigenvalue weighted by atomic mass is 10.1. The fourth-order valence-electron chi connectivity index (χ4n) is 3.15. The maximum absolute atomic E-state index is 14.1. The van der Waals surface area contributed by atoms with E-state index in [4.69, 9.17) is 0 Å². The molecule has 146 valence electrons. The van der Waals surface area contributed by atoms with Crippen LogP contribution in [0.15, 0.2) is 72.1 Å². The van der Waals surface area contributed by atoms with Crippen LogP contribution in [-0.4, -0.2) is 26.3 Å². The summed E-state index contributed by atoms with van der Waals surface area (Å²) in [4.78, 5) is 17.4. The number of hydrogen-bond donors (Lipinski definition) is 2. The number of aromatic nitrogens is 4. The molecule has 2 N–H and O–H groups in total. The van der Waals surface area contributed by atoms with Crippen molar-refractivity contribution in [3.63, 3.8) is 0 Å². The lowest BCUT2D eigenvalue weighted by molar-refractivity contribution is 0.102. The highest BCUT2D eigenvalue weighted by Gasteiger charge is 2.15. The summed E-state index contributed by atoms with van der Waals surface area (Å²) in [6.45, 7) is 0. The van der Waals surface area contributed by atoms with Crippen LogP contribution in [-0.2, 0) is 0 Å². The van der Waals surface area contributed by atoms with Crippen molar-refractivity contribution in [1.29, 1.82) is 0 Å². The summed E-state index contributed by atoms with van der Waals surface area (Å²) in [5, 5.41) is 15.9. The Kier molecular flexibility index (Phi) is 4.53. The monoisotopic (exact) mass is 415 g/mol. The second kappa shape index (κ2) is 7.49. The van der Waals surface area contributed by atoms with Crippen molar-refractivity contribution >= 4 is 34.0 Å². The Hall–Kier alpha value is -3.91. The number of halogens is 1. The highest BCUT2D eigenvalue weighted by atomic mass is 32.1. The van der Waals surface area contributed by atoms with Crippen molar-refractivity contribution in [2.75, 3.05) is 5.32 Å². The Balaban J connectivity index is 1.46. The number of carbonyl (C=O) groups is 1. The molecule has 0 saturated carbocycles. The molecule has 0 aliphatic rings. The van der Waals surface area contributed by atoms with Gasteiger partial charge in [0.05, 0.1) is 11.4 Å². The quantitative estimate of drug-likeness (QED) is 0.426. The van der Waals surface area contributed by atoms with Crippen LogP contribution < -0.4 is 5.32 Å². The Bertz CT molecular complexity index is 1380. The number of aromatic amines is 1. The van der Waals surface area contributed by atoms with Crippen LogP contribution in [0.3, 0.4) is 0 Å². The molecule has 0 aliphatic carbocycles. The molecule has 0 saturated heterocycles. The van der Waals surface area contributed by atoms with Crippen LogP contribution >= 0.6 is 11.3 Å². The van der Waals surface area contributed by atoms with Crippen LogP contribution in [0.5, 0.6) is 0 Å². The molecule has 3 aromatic carbocycles. The van der Waals surface area contributed by atoms with Gasteiger partial charge in [0.2, 0.25) is 0 Å². The lowest BCUT2D eigenvalue weighted by Crippen LogP contribution is -2.12. The summed E-state index contributed by atoms with van der Waals surface area (Å²) in [6.07, 6.45) is 0. The van der Waals surface area contributed by atoms with Crippen molar-refractivity contribution in [1.82, 2.24) is 20.4 Å². The fraction of sp³-hybridized carbons (Fsp3) is 0. The van der Waals surface area contributed by atoms with Crippen molar-refractivity contribution in [3.05, 3.63) is 83.5 Å². The third-order valence-electron chi connectivity index (χ3n) is 4.64. The lowest BCUT2D eigenvalue weighted by Gasteiger charge is -2.09. The minimum absolute atomic E-state index is 0.267. The summed E-state index contributed by atoms with van der Waals surface area (Å²) >= 11 is 1.36. The van der Waals surface area contributed by atoms with Crippen LogP contribution in [0.25, 0.3) is 32.9 Å². The van der Waals surface area contributed by atoms with Crippen molar-refractivity contribution in [2.45, 2.75) is 0 Å². The third-order valence-corrected chi connectivity index (χ3v) is 5.51. The molecule has 8 heteroatoms. The van der Waals surface area contributed by atoms with E-state index in [1.807, 2.05) is 29.6 Å². The van der Waals surface area contributed by atoms with Gasteiger partial charge < -0.3 is 5.32 Å². The Morgan fingerprint density at radius 3 is 2.57 bits per heavy atom. The third kappa shape index (κ3) is 3.33. The van der Waals surface area contributed by atoms with Gasteiger partial charge in [0.1, 0.15) is 21.9 Å². The largest absolute Gasteiger partial charge is 0.321 e. The van der Waals surface area contributed by atoms with Crippen molar-refractivity contribution in [2.24, 2.45) is 0 Å². The maximum Gasteiger partial charge on any atom is 0.255 e. The molecule has 0 fully saturated rings. The average Bonchev–Trinajstić information content (AvgIpc) is 3.43. The molecule has 2 aromatic heterocycles. The number of carbonyl (C=O) groups excluding carboxylic acids is 1. The van der Waals surface area contributed by atoms with Gasteiger partial charge in [-0.15, -0.1) is 11.3 Å². The minimum atomic E-state index is -0.316. The number of thiazole rings is 1. The first-order valence-corrected chi connectivity index (χ1v) is 9.99. The number of hydrogen-bond acceptors (Lipinski definition) is 5. The van der Waals surface area contributed by atoms with Crippen LogP contribution in [0.2, 0.25) is 0 Å². The van der Waals surface area contributed by atoms with Gasteiger partial charge in [0.25, 0.3) is 5.91 Å². The summed E-state index contributed by atoms with van der Waals surface area (Å²) < 4.78 is 14.1. The summed E-state index contributed by atoms with van der Waals surface area (Å²) in [7, 11) is 0. The summed E-state index contributed by atoms with van der Waals surface area (Å²) in [5.74, 6) is -0.583. The zero-order valence-electron chi connectivity index (χ0n) is 15.5. The molecule has 1 amide bonds. The van der Waals surface area contributed by atoms with Gasteiger partial charge in [-0.25, -0.2) is 9.37 Å². The Morgan fingerprint density at radius 1 is 0.933 bits per heavy atom. The first kappa shape index (κ1) is 18.1. The van der Waals surface area contributed by atoms with Gasteiger partial charge in [-0.1, -0.05) is 30.3 Å². The number of benzene rings is 3. The van der Waals surface area contributed by atoms with E-state index in [2.05, 4.69) is 25.7 Å². The second-order valence-electron chi connectivity index (χ2n) is 6.54. The highest BCUT2D eigenvalue weighted by Crippen LogP contribution is 2.33. The summed E-state index contributed by atoms with van der Waals surface area (Å²) in [6, 6.07) is 19.0. The molecular formula is C22H14FN5OS. The molecule has 0 unspecified atom stereocenters. The molecule has 0 atom stereocenters. The SMILES string of the molecule is O=C(Nc1ccccc1-c1csc(-c2ccccc2F)n1)c1ccc2n[nH]nc2c1. The average molecular weight is 415 g/mol. The van der Waals surface area contributed by atoms with Crippen molar-refractivity contribution < 1.29 is 9.18 Å². The number of nitrogens with one attached hydrogen (secondary N) is 2. The maximum atomic E-state index is 14.1. The molecule has 5 aromatic rings. The molecule has 0 aliphatic heterocycles. The van der Waals surface area contributed by atoms with Crippen LogP contribution in [0.1, 0.15) is 10.4 Å². The normalized spacial score (nSPS) is 11.0. The first-order valence-electron chi connectivity index (χ1n) is 9.11. The van der Waals surface area contributed by atoms with Crippen LogP contribution in [0.4, 0.5) is 10.1 Å². The molecule has 0 radical (unpaired) electrons. The molecule has 6 nitrogen and oxygen atoms in total. The number of rotatable bonds is 4. The van der Waals surface area contributed by atoms with E-state index in [9.17, 15) is 9.18 Å². The van der Waals surface area contributed by atoms with Crippen molar-refractivity contribution in [3.8, 4) is 21.8 Å². The number of anilines is 1. The molecule has 0 bridgehead atoms. The zero-order chi connectivity index (χ0) is 20.5. The summed E-state index contributed by atoms with van der Waals surface area (Å²) in [5.41, 5.74) is 4.27. The number of fused-ring (bicyclic) bond motifs is 1. The topological polar surface area (TPSA) is 83.6 Å². The van der Waals surface area contributed by atoms with Gasteiger partial charge in [-0.3, -0.25) is 4.79 Å². The molecule has 30 heavy (non-hydrogen) atoms. The molecule has 2 heterocycles. The van der Waals surface area contributed by atoms with Gasteiger partial charge in [-0.05, 0) is 36.4 Å². The minimum Gasteiger partial charge on any atom is -0.321 e. The predicted octanol–water partition coefficient (Wildman–Crippen LogP) is 5.14. The molecular weight excluding hydrogens is 401 g/mol. The first-order chi connectivity index (χ1) is 14.7. The van der Waals surface area contributed by atoms with E-state index >= 15 is 0 Å². The molecule has 0 spiro atoms.